The second-order valence-electron chi connectivity index (χ2n) is 4.44. The van der Waals surface area contributed by atoms with Gasteiger partial charge in [0, 0.05) is 23.5 Å². The van der Waals surface area contributed by atoms with Gasteiger partial charge in [0.2, 0.25) is 5.91 Å². The van der Waals surface area contributed by atoms with E-state index in [9.17, 15) is 4.79 Å². The Bertz CT molecular complexity index is 613. The van der Waals surface area contributed by atoms with Crippen molar-refractivity contribution >= 4 is 29.7 Å². The first-order valence-electron chi connectivity index (χ1n) is 6.01. The second kappa shape index (κ2) is 5.33. The highest BCUT2D eigenvalue weighted by Gasteiger charge is 2.19. The Labute approximate surface area is 118 Å². The third-order valence-corrected chi connectivity index (χ3v) is 3.33. The Morgan fingerprint density at radius 1 is 1.11 bits per heavy atom. The number of rotatable bonds is 2. The van der Waals surface area contributed by atoms with E-state index in [0.717, 1.165) is 18.7 Å². The molecule has 19 heavy (non-hydrogen) atoms. The number of para-hydroxylation sites is 1. The van der Waals surface area contributed by atoms with Crippen LogP contribution in [0, 0.1) is 0 Å². The van der Waals surface area contributed by atoms with Crippen molar-refractivity contribution in [2.75, 3.05) is 11.4 Å². The zero-order chi connectivity index (χ0) is 12.5. The van der Waals surface area contributed by atoms with Crippen LogP contribution in [0.5, 0.6) is 0 Å². The van der Waals surface area contributed by atoms with Gasteiger partial charge >= 0.3 is 0 Å². The van der Waals surface area contributed by atoms with E-state index < -0.39 is 0 Å². The minimum atomic E-state index is -0.385. The number of hydrogen-bond donors (Lipinski definition) is 1. The van der Waals surface area contributed by atoms with E-state index in [-0.39, 0.29) is 18.3 Å². The Morgan fingerprint density at radius 2 is 1.89 bits per heavy atom. The number of hydrogen-bond acceptors (Lipinski definition) is 2. The van der Waals surface area contributed by atoms with Crippen LogP contribution in [0.4, 0.5) is 11.4 Å². The van der Waals surface area contributed by atoms with Crippen LogP contribution in [0.1, 0.15) is 15.9 Å². The molecule has 4 heteroatoms. The minimum absolute atomic E-state index is 0. The Morgan fingerprint density at radius 3 is 2.68 bits per heavy atom. The predicted molar refractivity (Wildman–Crippen MR) is 79.4 cm³/mol. The van der Waals surface area contributed by atoms with Gasteiger partial charge in [-0.3, -0.25) is 4.79 Å². The first-order valence-corrected chi connectivity index (χ1v) is 6.01. The zero-order valence-corrected chi connectivity index (χ0v) is 11.2. The van der Waals surface area contributed by atoms with Crippen molar-refractivity contribution < 1.29 is 4.79 Å². The number of anilines is 2. The molecule has 0 fully saturated rings. The molecule has 2 aromatic carbocycles. The average Bonchev–Trinajstić information content (AvgIpc) is 2.82. The fourth-order valence-corrected chi connectivity index (χ4v) is 2.43. The molecule has 2 aromatic rings. The molecule has 0 bridgehead atoms. The standard InChI is InChI=1S/C15H14N2O.ClH/c16-15(18)12-5-3-6-13(10-12)17-9-8-11-4-1-2-7-14(11)17;/h1-7,10H,8-9H2,(H2,16,18);1H. The van der Waals surface area contributed by atoms with Gasteiger partial charge < -0.3 is 10.6 Å². The van der Waals surface area contributed by atoms with E-state index in [4.69, 9.17) is 5.73 Å². The Balaban J connectivity index is 0.00000133. The van der Waals surface area contributed by atoms with Crippen LogP contribution < -0.4 is 10.6 Å². The fourth-order valence-electron chi connectivity index (χ4n) is 2.43. The van der Waals surface area contributed by atoms with Crippen LogP contribution in [0.3, 0.4) is 0 Å². The minimum Gasteiger partial charge on any atom is -0.366 e. The highest BCUT2D eigenvalue weighted by molar-refractivity contribution is 5.94. The maximum Gasteiger partial charge on any atom is 0.248 e. The van der Waals surface area contributed by atoms with Crippen molar-refractivity contribution in [2.45, 2.75) is 6.42 Å². The van der Waals surface area contributed by atoms with Gasteiger partial charge in [-0.05, 0) is 36.2 Å². The van der Waals surface area contributed by atoms with Gasteiger partial charge in [0.1, 0.15) is 0 Å². The van der Waals surface area contributed by atoms with Crippen molar-refractivity contribution in [3.63, 3.8) is 0 Å². The number of amides is 1. The first-order chi connectivity index (χ1) is 8.75. The Hall–Kier alpha value is -2.00. The zero-order valence-electron chi connectivity index (χ0n) is 10.4. The van der Waals surface area contributed by atoms with Gasteiger partial charge in [-0.15, -0.1) is 12.4 Å². The monoisotopic (exact) mass is 274 g/mol. The summed E-state index contributed by atoms with van der Waals surface area (Å²) in [5.41, 5.74) is 9.47. The summed E-state index contributed by atoms with van der Waals surface area (Å²) < 4.78 is 0. The molecular formula is C15H15ClN2O. The molecule has 0 aromatic heterocycles. The van der Waals surface area contributed by atoms with Gasteiger partial charge in [0.15, 0.2) is 0 Å². The van der Waals surface area contributed by atoms with Crippen molar-refractivity contribution in [2.24, 2.45) is 5.73 Å². The molecule has 0 atom stereocenters. The molecular weight excluding hydrogens is 260 g/mol. The summed E-state index contributed by atoms with van der Waals surface area (Å²) in [6.07, 6.45) is 1.04. The van der Waals surface area contributed by atoms with Gasteiger partial charge in [0.05, 0.1) is 0 Å². The number of carbonyl (C=O) groups is 1. The smallest absolute Gasteiger partial charge is 0.248 e. The summed E-state index contributed by atoms with van der Waals surface area (Å²) in [6.45, 7) is 0.946. The van der Waals surface area contributed by atoms with Gasteiger partial charge in [0.25, 0.3) is 0 Å². The summed E-state index contributed by atoms with van der Waals surface area (Å²) in [7, 11) is 0. The lowest BCUT2D eigenvalue weighted by molar-refractivity contribution is 0.100. The van der Waals surface area contributed by atoms with Crippen LogP contribution in [0.2, 0.25) is 0 Å². The van der Waals surface area contributed by atoms with E-state index >= 15 is 0 Å². The summed E-state index contributed by atoms with van der Waals surface area (Å²) in [4.78, 5) is 13.4. The molecule has 1 aliphatic heterocycles. The van der Waals surface area contributed by atoms with Crippen LogP contribution in [-0.2, 0) is 6.42 Å². The van der Waals surface area contributed by atoms with Crippen molar-refractivity contribution in [1.29, 1.82) is 0 Å². The first kappa shape index (κ1) is 13.4. The third-order valence-electron chi connectivity index (χ3n) is 3.33. The molecule has 3 rings (SSSR count). The molecule has 0 unspecified atom stereocenters. The van der Waals surface area contributed by atoms with Gasteiger partial charge in [-0.2, -0.15) is 0 Å². The van der Waals surface area contributed by atoms with Crippen LogP contribution >= 0.6 is 12.4 Å². The predicted octanol–water partition coefficient (Wildman–Crippen LogP) is 2.90. The molecule has 2 N–H and O–H groups in total. The number of nitrogens with two attached hydrogens (primary N) is 1. The molecule has 0 radical (unpaired) electrons. The second-order valence-corrected chi connectivity index (χ2v) is 4.44. The molecule has 3 nitrogen and oxygen atoms in total. The van der Waals surface area contributed by atoms with Gasteiger partial charge in [-0.1, -0.05) is 24.3 Å². The van der Waals surface area contributed by atoms with Crippen LogP contribution in [0.15, 0.2) is 48.5 Å². The number of primary amides is 1. The molecule has 1 aliphatic rings. The highest BCUT2D eigenvalue weighted by Crippen LogP contribution is 2.34. The maximum absolute atomic E-state index is 11.2. The lowest BCUT2D eigenvalue weighted by Crippen LogP contribution is -2.15. The van der Waals surface area contributed by atoms with E-state index in [0.29, 0.717) is 5.56 Å². The molecule has 98 valence electrons. The molecule has 0 aliphatic carbocycles. The molecule has 0 saturated heterocycles. The number of halogens is 1. The quantitative estimate of drug-likeness (QED) is 0.915. The molecule has 1 heterocycles. The van der Waals surface area contributed by atoms with E-state index in [2.05, 4.69) is 23.1 Å². The SMILES string of the molecule is Cl.NC(=O)c1cccc(N2CCc3ccccc32)c1. The number of nitrogens with zero attached hydrogens (tertiary/aromatic N) is 1. The lowest BCUT2D eigenvalue weighted by atomic mass is 10.1. The Kier molecular flexibility index (Phi) is 3.76. The third kappa shape index (κ3) is 2.42. The summed E-state index contributed by atoms with van der Waals surface area (Å²) >= 11 is 0. The van der Waals surface area contributed by atoms with E-state index in [1.165, 1.54) is 11.3 Å². The highest BCUT2D eigenvalue weighted by atomic mass is 35.5. The maximum atomic E-state index is 11.2. The van der Waals surface area contributed by atoms with E-state index in [1.807, 2.05) is 24.3 Å². The van der Waals surface area contributed by atoms with Crippen LogP contribution in [-0.4, -0.2) is 12.5 Å². The molecule has 0 spiro atoms. The van der Waals surface area contributed by atoms with Crippen molar-refractivity contribution in [1.82, 2.24) is 0 Å². The number of benzene rings is 2. The van der Waals surface area contributed by atoms with E-state index in [1.54, 1.807) is 6.07 Å². The number of carbonyl (C=O) groups excluding carboxylic acids is 1. The summed E-state index contributed by atoms with van der Waals surface area (Å²) in [5.74, 6) is -0.385. The average molecular weight is 275 g/mol. The topological polar surface area (TPSA) is 46.3 Å². The largest absolute Gasteiger partial charge is 0.366 e. The van der Waals surface area contributed by atoms with Crippen LogP contribution in [0.25, 0.3) is 0 Å². The molecule has 0 saturated carbocycles. The van der Waals surface area contributed by atoms with Crippen molar-refractivity contribution in [3.05, 3.63) is 59.7 Å². The summed E-state index contributed by atoms with van der Waals surface area (Å²) in [5, 5.41) is 0. The summed E-state index contributed by atoms with van der Waals surface area (Å²) in [6, 6.07) is 15.8. The van der Waals surface area contributed by atoms with Gasteiger partial charge in [-0.25, -0.2) is 0 Å². The fraction of sp³-hybridized carbons (Fsp3) is 0.133. The molecule has 1 amide bonds. The lowest BCUT2D eigenvalue weighted by Gasteiger charge is -2.19. The normalized spacial score (nSPS) is 12.7. The van der Waals surface area contributed by atoms with Crippen molar-refractivity contribution in [3.8, 4) is 0 Å². The number of fused-ring (bicyclic) bond motifs is 1.